The second-order valence-electron chi connectivity index (χ2n) is 6.05. The van der Waals surface area contributed by atoms with E-state index >= 15 is 0 Å². The van der Waals surface area contributed by atoms with Crippen LogP contribution in [0.3, 0.4) is 0 Å². The van der Waals surface area contributed by atoms with Crippen LogP contribution >= 0.6 is 23.2 Å². The van der Waals surface area contributed by atoms with Gasteiger partial charge in [0.1, 0.15) is 0 Å². The van der Waals surface area contributed by atoms with Crippen LogP contribution in [0, 0.1) is 11.8 Å². The van der Waals surface area contributed by atoms with Crippen LogP contribution in [0.25, 0.3) is 0 Å². The Morgan fingerprint density at radius 1 is 1.25 bits per heavy atom. The predicted molar refractivity (Wildman–Crippen MR) is 81.2 cm³/mol. The number of aliphatic hydroxyl groups is 1. The van der Waals surface area contributed by atoms with E-state index in [-0.39, 0.29) is 28.6 Å². The number of nitrogens with one attached hydrogen (secondary N) is 2. The Balaban J connectivity index is 2.10. The van der Waals surface area contributed by atoms with Crippen molar-refractivity contribution < 1.29 is 9.90 Å². The van der Waals surface area contributed by atoms with E-state index in [1.54, 1.807) is 0 Å². The maximum absolute atomic E-state index is 11.5. The van der Waals surface area contributed by atoms with Gasteiger partial charge < -0.3 is 15.7 Å². The van der Waals surface area contributed by atoms with Crippen molar-refractivity contribution in [3.8, 4) is 0 Å². The second kappa shape index (κ2) is 7.30. The molecule has 20 heavy (non-hydrogen) atoms. The van der Waals surface area contributed by atoms with E-state index in [0.29, 0.717) is 18.8 Å². The van der Waals surface area contributed by atoms with Crippen molar-refractivity contribution in [2.75, 3.05) is 13.1 Å². The molecule has 1 heterocycles. The summed E-state index contributed by atoms with van der Waals surface area (Å²) in [7, 11) is 0. The molecule has 4 nitrogen and oxygen atoms in total. The predicted octanol–water partition coefficient (Wildman–Crippen LogP) is 1.48. The summed E-state index contributed by atoms with van der Waals surface area (Å²) >= 11 is 12.4. The fraction of sp³-hybridized carbons (Fsp3) is 0.929. The average Bonchev–Trinajstić information content (AvgIpc) is 2.41. The molecule has 116 valence electrons. The van der Waals surface area contributed by atoms with Gasteiger partial charge in [-0.25, -0.2) is 0 Å². The summed E-state index contributed by atoms with van der Waals surface area (Å²) in [6.07, 6.45) is 2.71. The third-order valence-corrected chi connectivity index (χ3v) is 5.67. The van der Waals surface area contributed by atoms with Gasteiger partial charge in [0.15, 0.2) is 0 Å². The highest BCUT2D eigenvalue weighted by molar-refractivity contribution is 6.30. The Kier molecular flexibility index (Phi) is 5.96. The number of aliphatic hydroxyl groups excluding tert-OH is 1. The fourth-order valence-corrected chi connectivity index (χ4v) is 4.11. The summed E-state index contributed by atoms with van der Waals surface area (Å²) in [5, 5.41) is 16.4. The van der Waals surface area contributed by atoms with Gasteiger partial charge in [0.05, 0.1) is 16.9 Å². The number of alkyl halides is 2. The number of rotatable bonds is 3. The third kappa shape index (κ3) is 4.00. The minimum Gasteiger partial charge on any atom is -0.393 e. The van der Waals surface area contributed by atoms with Crippen molar-refractivity contribution in [3.63, 3.8) is 0 Å². The van der Waals surface area contributed by atoms with Gasteiger partial charge >= 0.3 is 0 Å². The van der Waals surface area contributed by atoms with Crippen LogP contribution in [-0.2, 0) is 4.79 Å². The average molecular weight is 323 g/mol. The van der Waals surface area contributed by atoms with Gasteiger partial charge in [-0.05, 0) is 44.7 Å². The molecule has 0 aromatic heterocycles. The van der Waals surface area contributed by atoms with Gasteiger partial charge in [-0.15, -0.1) is 23.2 Å². The molecular weight excluding hydrogens is 299 g/mol. The minimum atomic E-state index is -0.487. The number of piperidine rings is 1. The molecule has 6 heteroatoms. The molecule has 5 unspecified atom stereocenters. The third-order valence-electron chi connectivity index (χ3n) is 4.57. The Morgan fingerprint density at radius 3 is 2.45 bits per heavy atom. The van der Waals surface area contributed by atoms with Crippen LogP contribution in [0.5, 0.6) is 0 Å². The molecule has 0 aromatic rings. The number of carbonyl (C=O) groups is 1. The molecule has 2 fully saturated rings. The quantitative estimate of drug-likeness (QED) is 0.690. The first-order valence-corrected chi connectivity index (χ1v) is 8.30. The van der Waals surface area contributed by atoms with Crippen molar-refractivity contribution in [2.24, 2.45) is 11.8 Å². The smallest absolute Gasteiger partial charge is 0.217 e. The maximum Gasteiger partial charge on any atom is 0.217 e. The summed E-state index contributed by atoms with van der Waals surface area (Å²) in [5.74, 6) is 0.356. The number of halogens is 2. The molecule has 0 radical (unpaired) electrons. The van der Waals surface area contributed by atoms with Gasteiger partial charge in [0.2, 0.25) is 5.91 Å². The van der Waals surface area contributed by atoms with E-state index in [1.165, 1.54) is 6.92 Å². The number of hydrogen-bond donors (Lipinski definition) is 3. The van der Waals surface area contributed by atoms with E-state index in [1.807, 2.05) is 0 Å². The van der Waals surface area contributed by atoms with Gasteiger partial charge in [0.25, 0.3) is 0 Å². The van der Waals surface area contributed by atoms with Crippen LogP contribution in [0.2, 0.25) is 0 Å². The van der Waals surface area contributed by atoms with Gasteiger partial charge in [-0.2, -0.15) is 0 Å². The van der Waals surface area contributed by atoms with Crippen molar-refractivity contribution >= 4 is 29.1 Å². The van der Waals surface area contributed by atoms with Gasteiger partial charge in [0, 0.05) is 18.9 Å². The van der Waals surface area contributed by atoms with Crippen LogP contribution in [0.1, 0.15) is 32.6 Å². The highest BCUT2D eigenvalue weighted by atomic mass is 35.5. The molecule has 1 saturated heterocycles. The molecule has 2 aliphatic rings. The number of carbonyl (C=O) groups excluding carboxylic acids is 1. The molecule has 1 aliphatic carbocycles. The summed E-state index contributed by atoms with van der Waals surface area (Å²) < 4.78 is 0. The van der Waals surface area contributed by atoms with E-state index in [9.17, 15) is 9.90 Å². The minimum absolute atomic E-state index is 0.000463. The summed E-state index contributed by atoms with van der Waals surface area (Å²) in [6.45, 7) is 3.46. The maximum atomic E-state index is 11.5. The standard InChI is InChI=1S/C14H24Cl2N2O2/c1-8(19)18-14(9-2-4-17-5-3-9)10-6-11(15)12(16)7-13(10)20/h9-14,17,20H,2-7H2,1H3,(H,18,19). The fourth-order valence-electron chi connectivity index (χ4n) is 3.52. The Labute approximate surface area is 130 Å². The zero-order valence-electron chi connectivity index (χ0n) is 11.8. The van der Waals surface area contributed by atoms with Crippen molar-refractivity contribution in [1.29, 1.82) is 0 Å². The first kappa shape index (κ1) is 16.3. The Hall–Kier alpha value is -0.0300. The molecule has 1 aliphatic heterocycles. The van der Waals surface area contributed by atoms with Crippen molar-refractivity contribution in [3.05, 3.63) is 0 Å². The lowest BCUT2D eigenvalue weighted by Crippen LogP contribution is -2.54. The lowest BCUT2D eigenvalue weighted by Gasteiger charge is -2.42. The highest BCUT2D eigenvalue weighted by Gasteiger charge is 2.41. The highest BCUT2D eigenvalue weighted by Crippen LogP contribution is 2.37. The van der Waals surface area contributed by atoms with E-state index < -0.39 is 6.10 Å². The molecule has 3 N–H and O–H groups in total. The van der Waals surface area contributed by atoms with Gasteiger partial charge in [-0.3, -0.25) is 4.79 Å². The summed E-state index contributed by atoms with van der Waals surface area (Å²) in [6, 6.07) is -0.00461. The molecule has 1 saturated carbocycles. The number of hydrogen-bond acceptors (Lipinski definition) is 3. The number of amides is 1. The van der Waals surface area contributed by atoms with E-state index in [4.69, 9.17) is 23.2 Å². The first-order valence-electron chi connectivity index (χ1n) is 7.43. The first-order chi connectivity index (χ1) is 9.49. The zero-order valence-corrected chi connectivity index (χ0v) is 13.3. The monoisotopic (exact) mass is 322 g/mol. The molecule has 0 bridgehead atoms. The van der Waals surface area contributed by atoms with Crippen LogP contribution in [-0.4, -0.2) is 47.0 Å². The summed E-state index contributed by atoms with van der Waals surface area (Å²) in [5.41, 5.74) is 0. The topological polar surface area (TPSA) is 61.4 Å². The van der Waals surface area contributed by atoms with Gasteiger partial charge in [-0.1, -0.05) is 0 Å². The molecular formula is C14H24Cl2N2O2. The van der Waals surface area contributed by atoms with E-state index in [2.05, 4.69) is 10.6 Å². The van der Waals surface area contributed by atoms with Crippen molar-refractivity contribution in [1.82, 2.24) is 10.6 Å². The normalized spacial score (nSPS) is 37.4. The Morgan fingerprint density at radius 2 is 1.85 bits per heavy atom. The SMILES string of the molecule is CC(=O)NC(C1CCNCC1)C1CC(Cl)C(Cl)CC1O. The lowest BCUT2D eigenvalue weighted by molar-refractivity contribution is -0.121. The van der Waals surface area contributed by atoms with Crippen molar-refractivity contribution in [2.45, 2.75) is 55.5 Å². The molecule has 5 atom stereocenters. The lowest BCUT2D eigenvalue weighted by atomic mass is 9.74. The largest absolute Gasteiger partial charge is 0.393 e. The Bertz CT molecular complexity index is 337. The zero-order chi connectivity index (χ0) is 14.7. The molecule has 0 aromatic carbocycles. The van der Waals surface area contributed by atoms with E-state index in [0.717, 1.165) is 25.9 Å². The van der Waals surface area contributed by atoms with Crippen LogP contribution in [0.15, 0.2) is 0 Å². The molecule has 1 amide bonds. The molecule has 2 rings (SSSR count). The molecule has 0 spiro atoms. The van der Waals surface area contributed by atoms with Crippen LogP contribution < -0.4 is 10.6 Å². The summed E-state index contributed by atoms with van der Waals surface area (Å²) in [4.78, 5) is 11.5. The second-order valence-corrected chi connectivity index (χ2v) is 7.17. The van der Waals surface area contributed by atoms with Crippen LogP contribution in [0.4, 0.5) is 0 Å².